The normalized spacial score (nSPS) is 13.1. The molecule has 0 spiro atoms. The summed E-state index contributed by atoms with van der Waals surface area (Å²) in [6.45, 7) is 5.40. The van der Waals surface area contributed by atoms with Gasteiger partial charge < -0.3 is 10.5 Å². The van der Waals surface area contributed by atoms with Gasteiger partial charge in [0.1, 0.15) is 11.6 Å². The second kappa shape index (κ2) is 5.61. The van der Waals surface area contributed by atoms with Gasteiger partial charge in [-0.25, -0.2) is 0 Å². The fraction of sp³-hybridized carbons (Fsp3) is 0.800. The van der Waals surface area contributed by atoms with Crippen LogP contribution in [0.3, 0.4) is 0 Å². The summed E-state index contributed by atoms with van der Waals surface area (Å²) in [6, 6.07) is 1.39. The predicted molar refractivity (Wildman–Crippen MR) is 53.3 cm³/mol. The molecule has 0 saturated carbocycles. The van der Waals surface area contributed by atoms with Gasteiger partial charge in [-0.1, -0.05) is 0 Å². The van der Waals surface area contributed by atoms with Gasteiger partial charge >= 0.3 is 5.97 Å². The summed E-state index contributed by atoms with van der Waals surface area (Å²) in [5, 5.41) is 8.30. The highest BCUT2D eigenvalue weighted by Gasteiger charge is 2.21. The van der Waals surface area contributed by atoms with Crippen LogP contribution in [0.1, 0.15) is 40.0 Å². The largest absolute Gasteiger partial charge is 0.459 e. The minimum Gasteiger partial charge on any atom is -0.459 e. The van der Waals surface area contributed by atoms with Crippen molar-refractivity contribution in [2.75, 3.05) is 0 Å². The Labute approximate surface area is 85.0 Å². The lowest BCUT2D eigenvalue weighted by Crippen LogP contribution is -2.37. The van der Waals surface area contributed by atoms with E-state index in [0.717, 1.165) is 0 Å². The lowest BCUT2D eigenvalue weighted by Gasteiger charge is -2.21. The van der Waals surface area contributed by atoms with Gasteiger partial charge in [0.05, 0.1) is 6.07 Å². The van der Waals surface area contributed by atoms with Crippen LogP contribution in [0.25, 0.3) is 0 Å². The monoisotopic (exact) mass is 200 g/mol. The number of ether oxygens (including phenoxy) is 1. The lowest BCUT2D eigenvalue weighted by molar-refractivity contribution is -0.156. The van der Waals surface area contributed by atoms with Crippen molar-refractivity contribution in [2.24, 2.45) is 5.73 Å². The Hall–Kier alpha value is -1.08. The van der Waals surface area contributed by atoms with Crippen LogP contribution >= 0.6 is 0 Å². The molecule has 0 rings (SSSR count). The minimum absolute atomic E-state index is 0.393. The van der Waals surface area contributed by atoms with E-state index in [9.17, 15) is 4.79 Å². The molecule has 0 aromatic heterocycles. The molecule has 0 radical (unpaired) electrons. The number of nitrogens with two attached hydrogens (primary N) is 1. The first-order chi connectivity index (χ1) is 6.37. The van der Waals surface area contributed by atoms with Crippen LogP contribution in [-0.4, -0.2) is 17.6 Å². The molecule has 0 fully saturated rings. The van der Waals surface area contributed by atoms with Gasteiger partial charge in [-0.2, -0.15) is 5.26 Å². The van der Waals surface area contributed by atoms with Gasteiger partial charge in [-0.3, -0.25) is 4.79 Å². The number of hydrogen-bond acceptors (Lipinski definition) is 4. The summed E-state index contributed by atoms with van der Waals surface area (Å²) < 4.78 is 5.08. The van der Waals surface area contributed by atoms with Crippen LogP contribution in [0, 0.1) is 11.3 Å². The Bertz CT molecular complexity index is 225. The molecule has 1 atom stereocenters. The molecule has 4 nitrogen and oxygen atoms in total. The highest BCUT2D eigenvalue weighted by molar-refractivity contribution is 5.75. The highest BCUT2D eigenvalue weighted by atomic mass is 16.6. The molecule has 0 aromatic rings. The summed E-state index contributed by atoms with van der Waals surface area (Å²) in [7, 11) is 0. The Morgan fingerprint density at radius 1 is 1.57 bits per heavy atom. The van der Waals surface area contributed by atoms with Crippen molar-refractivity contribution in [3.05, 3.63) is 0 Å². The average Bonchev–Trinajstić information content (AvgIpc) is 2.01. The van der Waals surface area contributed by atoms with Crippen LogP contribution in [-0.2, 0) is 9.53 Å². The van der Waals surface area contributed by atoms with Crippen molar-refractivity contribution in [1.29, 1.82) is 5.26 Å². The van der Waals surface area contributed by atoms with E-state index in [0.29, 0.717) is 19.3 Å². The standard InChI is InChI=1S/C10H18N2O2/c1-10(2,3)14-9(13)8(12)6-4-5-7-11/h8H,4-6,12H2,1-3H3/t8-/m0/s1/i7+1,11+1. The Morgan fingerprint density at radius 2 is 2.14 bits per heavy atom. The quantitative estimate of drug-likeness (QED) is 0.321. The summed E-state index contributed by atoms with van der Waals surface area (Å²) >= 11 is 0. The van der Waals surface area contributed by atoms with Gasteiger partial charge in [-0.15, -0.1) is 0 Å². The maximum absolute atomic E-state index is 11.3. The molecule has 0 aliphatic rings. The predicted octanol–water partition coefficient (Wildman–Crippen LogP) is 1.35. The molecule has 0 amide bonds. The van der Waals surface area contributed by atoms with Gasteiger partial charge in [0.25, 0.3) is 0 Å². The first-order valence-electron chi connectivity index (χ1n) is 4.72. The zero-order chi connectivity index (χ0) is 11.2. The van der Waals surface area contributed by atoms with Crippen molar-refractivity contribution in [2.45, 2.75) is 51.7 Å². The molecule has 0 heterocycles. The van der Waals surface area contributed by atoms with Crippen LogP contribution in [0.2, 0.25) is 0 Å². The molecule has 0 aliphatic heterocycles. The van der Waals surface area contributed by atoms with Crippen molar-refractivity contribution in [1.82, 2.24) is 0 Å². The number of unbranched alkanes of at least 4 members (excludes halogenated alkanes) is 1. The fourth-order valence-corrected chi connectivity index (χ4v) is 0.896. The number of carbonyl (C=O) groups is 1. The van der Waals surface area contributed by atoms with Crippen molar-refractivity contribution >= 4 is 5.97 Å². The summed E-state index contributed by atoms with van der Waals surface area (Å²) in [6.07, 6.45) is 1.57. The number of nitrogens with zero attached hydrogens (tertiary/aromatic N) is 1. The van der Waals surface area contributed by atoms with Gasteiger partial charge in [0.2, 0.25) is 0 Å². The molecule has 4 heteroatoms. The van der Waals surface area contributed by atoms with E-state index in [-0.39, 0.29) is 0 Å². The summed E-state index contributed by atoms with van der Waals surface area (Å²) in [4.78, 5) is 11.3. The Kier molecular flexibility index (Phi) is 5.18. The number of nitriles is 1. The van der Waals surface area contributed by atoms with Crippen LogP contribution in [0.4, 0.5) is 0 Å². The van der Waals surface area contributed by atoms with E-state index >= 15 is 0 Å². The maximum Gasteiger partial charge on any atom is 0.323 e. The van der Waals surface area contributed by atoms with E-state index in [2.05, 4.69) is 0 Å². The number of rotatable bonds is 4. The first-order valence-corrected chi connectivity index (χ1v) is 4.72. The van der Waals surface area contributed by atoms with Crippen molar-refractivity contribution in [3.63, 3.8) is 0 Å². The fourth-order valence-electron chi connectivity index (χ4n) is 0.896. The summed E-state index contributed by atoms with van der Waals surface area (Å²) in [5.74, 6) is -0.393. The van der Waals surface area contributed by atoms with E-state index in [4.69, 9.17) is 15.7 Å². The second-order valence-corrected chi connectivity index (χ2v) is 4.19. The third-order valence-corrected chi connectivity index (χ3v) is 1.51. The SMILES string of the molecule is CC(C)(C)OC(=O)[C@@H](N)CCC[13C]#[15N]. The highest BCUT2D eigenvalue weighted by Crippen LogP contribution is 2.09. The van der Waals surface area contributed by atoms with Gasteiger partial charge in [-0.05, 0) is 33.6 Å². The average molecular weight is 200 g/mol. The smallest absolute Gasteiger partial charge is 0.323 e. The number of hydrogen-bond donors (Lipinski definition) is 1. The molecule has 80 valence electrons. The van der Waals surface area contributed by atoms with Crippen LogP contribution < -0.4 is 5.73 Å². The van der Waals surface area contributed by atoms with Crippen LogP contribution in [0.15, 0.2) is 0 Å². The van der Waals surface area contributed by atoms with Crippen molar-refractivity contribution in [3.8, 4) is 6.07 Å². The van der Waals surface area contributed by atoms with Crippen LogP contribution in [0.5, 0.6) is 0 Å². The molecular weight excluding hydrogens is 182 g/mol. The molecule has 0 saturated heterocycles. The van der Waals surface area contributed by atoms with E-state index in [1.54, 1.807) is 20.8 Å². The third kappa shape index (κ3) is 6.44. The summed E-state index contributed by atoms with van der Waals surface area (Å²) in [5.41, 5.74) is 5.09. The zero-order valence-electron chi connectivity index (χ0n) is 9.04. The van der Waals surface area contributed by atoms with Crippen molar-refractivity contribution < 1.29 is 9.53 Å². The number of carbonyl (C=O) groups excluding carboxylic acids is 1. The molecule has 0 aliphatic carbocycles. The molecule has 0 aromatic carbocycles. The molecule has 2 N–H and O–H groups in total. The van der Waals surface area contributed by atoms with Gasteiger partial charge in [0.15, 0.2) is 0 Å². The first kappa shape index (κ1) is 12.9. The Balaban J connectivity index is 3.84. The molecule has 0 unspecified atom stereocenters. The Morgan fingerprint density at radius 3 is 2.57 bits per heavy atom. The third-order valence-electron chi connectivity index (χ3n) is 1.51. The van der Waals surface area contributed by atoms with E-state index < -0.39 is 17.6 Å². The number of esters is 1. The minimum atomic E-state index is -0.609. The second-order valence-electron chi connectivity index (χ2n) is 4.19. The van der Waals surface area contributed by atoms with E-state index in [1.165, 1.54) is 0 Å². The maximum atomic E-state index is 11.3. The molecular formula is C10H18N2O2. The lowest BCUT2D eigenvalue weighted by atomic mass is 10.1. The topological polar surface area (TPSA) is 76.1 Å². The molecule has 0 bridgehead atoms. The van der Waals surface area contributed by atoms with E-state index in [1.807, 2.05) is 6.07 Å². The molecule has 14 heavy (non-hydrogen) atoms. The van der Waals surface area contributed by atoms with Gasteiger partial charge in [0, 0.05) is 6.42 Å². The zero-order valence-corrected chi connectivity index (χ0v) is 9.04.